The van der Waals surface area contributed by atoms with Crippen molar-refractivity contribution in [3.8, 4) is 0 Å². The molecule has 2 aromatic rings. The van der Waals surface area contributed by atoms with Crippen molar-refractivity contribution >= 4 is 21.7 Å². The van der Waals surface area contributed by atoms with Gasteiger partial charge in [0.15, 0.2) is 0 Å². The average Bonchev–Trinajstić information content (AvgIpc) is 3.08. The molecule has 30 heavy (non-hydrogen) atoms. The summed E-state index contributed by atoms with van der Waals surface area (Å²) in [4.78, 5) is 11.8. The maximum absolute atomic E-state index is 6.19. The Balaban J connectivity index is 1.37. The second-order valence-electron chi connectivity index (χ2n) is 8.74. The van der Waals surface area contributed by atoms with E-state index in [1.165, 1.54) is 5.56 Å². The van der Waals surface area contributed by atoms with Crippen molar-refractivity contribution in [2.45, 2.75) is 49.9 Å². The van der Waals surface area contributed by atoms with Gasteiger partial charge in [-0.3, -0.25) is 10.4 Å². The number of piperidine rings is 1. The number of hydrogen-bond acceptors (Lipinski definition) is 7. The minimum Gasteiger partial charge on any atom is -0.356 e. The summed E-state index contributed by atoms with van der Waals surface area (Å²) in [6.45, 7) is 2.91. The number of rotatable bonds is 3. The first-order chi connectivity index (χ1) is 14.7. The number of pyridine rings is 2. The number of fused-ring (bicyclic) bond motifs is 1. The molecule has 5 atom stereocenters. The maximum Gasteiger partial charge on any atom is 0.143 e. The molecule has 160 valence electrons. The number of hydrazine groups is 1. The van der Waals surface area contributed by atoms with E-state index in [9.17, 15) is 0 Å². The van der Waals surface area contributed by atoms with Crippen molar-refractivity contribution in [1.29, 1.82) is 0 Å². The van der Waals surface area contributed by atoms with Gasteiger partial charge >= 0.3 is 0 Å². The van der Waals surface area contributed by atoms with Crippen LogP contribution in [0.15, 0.2) is 41.1 Å². The minimum absolute atomic E-state index is 0.192. The molecular formula is C22H30BrN7. The monoisotopic (exact) mass is 471 g/mol. The Labute approximate surface area is 186 Å². The highest BCUT2D eigenvalue weighted by Crippen LogP contribution is 2.39. The smallest absolute Gasteiger partial charge is 0.143 e. The highest BCUT2D eigenvalue weighted by Gasteiger charge is 2.42. The van der Waals surface area contributed by atoms with Crippen molar-refractivity contribution < 1.29 is 0 Å². The van der Waals surface area contributed by atoms with Gasteiger partial charge in [-0.25, -0.2) is 10.4 Å². The number of nitrogens with one attached hydrogen (secondary N) is 3. The van der Waals surface area contributed by atoms with E-state index >= 15 is 0 Å². The summed E-state index contributed by atoms with van der Waals surface area (Å²) in [5.41, 5.74) is 15.6. The van der Waals surface area contributed by atoms with E-state index in [-0.39, 0.29) is 6.04 Å². The van der Waals surface area contributed by atoms with Gasteiger partial charge in [0.25, 0.3) is 0 Å². The quantitative estimate of drug-likeness (QED) is 0.546. The van der Waals surface area contributed by atoms with Crippen LogP contribution < -0.4 is 26.8 Å². The lowest BCUT2D eigenvalue weighted by atomic mass is 9.81. The van der Waals surface area contributed by atoms with Gasteiger partial charge in [-0.2, -0.15) is 0 Å². The second-order valence-corrected chi connectivity index (χ2v) is 9.59. The third-order valence-corrected chi connectivity index (χ3v) is 7.41. The largest absolute Gasteiger partial charge is 0.356 e. The minimum atomic E-state index is 0.192. The number of halogens is 1. The first-order valence-electron chi connectivity index (χ1n) is 11.0. The predicted octanol–water partition coefficient (Wildman–Crippen LogP) is 2.43. The number of nitrogens with two attached hydrogens (primary N) is 1. The van der Waals surface area contributed by atoms with E-state index in [1.807, 2.05) is 18.5 Å². The molecule has 5 N–H and O–H groups in total. The van der Waals surface area contributed by atoms with Gasteiger partial charge in [0.1, 0.15) is 5.82 Å². The molecule has 3 aliphatic heterocycles. The summed E-state index contributed by atoms with van der Waals surface area (Å²) >= 11 is 3.74. The zero-order chi connectivity index (χ0) is 20.5. The zero-order valence-corrected chi connectivity index (χ0v) is 18.7. The van der Waals surface area contributed by atoms with E-state index in [4.69, 9.17) is 10.7 Å². The fourth-order valence-electron chi connectivity index (χ4n) is 5.07. The normalized spacial score (nSPS) is 31.9. The molecule has 0 saturated carbocycles. The molecule has 3 fully saturated rings. The summed E-state index contributed by atoms with van der Waals surface area (Å²) in [7, 11) is 0. The van der Waals surface area contributed by atoms with Crippen LogP contribution in [0.3, 0.4) is 0 Å². The Kier molecular flexibility index (Phi) is 6.02. The van der Waals surface area contributed by atoms with Gasteiger partial charge < -0.3 is 16.0 Å². The van der Waals surface area contributed by atoms with E-state index in [0.29, 0.717) is 24.0 Å². The zero-order valence-electron chi connectivity index (χ0n) is 17.1. The van der Waals surface area contributed by atoms with Gasteiger partial charge in [-0.05, 0) is 65.4 Å². The van der Waals surface area contributed by atoms with Crippen molar-refractivity contribution in [3.63, 3.8) is 0 Å². The molecule has 2 aromatic heterocycles. The molecule has 0 aliphatic carbocycles. The number of anilines is 1. The lowest BCUT2D eigenvalue weighted by molar-refractivity contribution is 0.265. The fourth-order valence-corrected chi connectivity index (χ4v) is 5.55. The lowest BCUT2D eigenvalue weighted by Crippen LogP contribution is -2.46. The average molecular weight is 472 g/mol. The van der Waals surface area contributed by atoms with E-state index in [2.05, 4.69) is 60.2 Å². The van der Waals surface area contributed by atoms with Gasteiger partial charge in [0, 0.05) is 56.1 Å². The highest BCUT2D eigenvalue weighted by molar-refractivity contribution is 9.10. The number of nitrogens with zero attached hydrogens (tertiary/aromatic N) is 3. The maximum atomic E-state index is 6.19. The molecule has 3 aliphatic rings. The summed E-state index contributed by atoms with van der Waals surface area (Å²) < 4.78 is 1.06. The van der Waals surface area contributed by atoms with Gasteiger partial charge in [0.2, 0.25) is 0 Å². The number of hydrogen-bond donors (Lipinski definition) is 4. The van der Waals surface area contributed by atoms with E-state index in [1.54, 1.807) is 0 Å². The molecule has 0 aromatic carbocycles. The molecule has 8 heteroatoms. The Morgan fingerprint density at radius 3 is 2.93 bits per heavy atom. The molecule has 0 bridgehead atoms. The van der Waals surface area contributed by atoms with Crippen LogP contribution in [0.2, 0.25) is 0 Å². The molecule has 0 radical (unpaired) electrons. The first-order valence-corrected chi connectivity index (χ1v) is 11.8. The summed E-state index contributed by atoms with van der Waals surface area (Å²) in [5, 5.41) is 3.67. The Morgan fingerprint density at radius 2 is 2.07 bits per heavy atom. The van der Waals surface area contributed by atoms with Crippen molar-refractivity contribution in [2.75, 3.05) is 24.5 Å². The van der Waals surface area contributed by atoms with Crippen LogP contribution in [-0.2, 0) is 0 Å². The third kappa shape index (κ3) is 4.11. The van der Waals surface area contributed by atoms with E-state index in [0.717, 1.165) is 61.3 Å². The Hall–Kier alpha value is -1.58. The van der Waals surface area contributed by atoms with Gasteiger partial charge in [-0.1, -0.05) is 6.07 Å². The third-order valence-electron chi connectivity index (χ3n) is 6.79. The molecule has 5 heterocycles. The Bertz CT molecular complexity index is 864. The van der Waals surface area contributed by atoms with Crippen LogP contribution in [0.25, 0.3) is 0 Å². The molecule has 3 saturated heterocycles. The highest BCUT2D eigenvalue weighted by atomic mass is 79.9. The summed E-state index contributed by atoms with van der Waals surface area (Å²) in [5.74, 6) is 1.51. The van der Waals surface area contributed by atoms with Crippen LogP contribution in [0.4, 0.5) is 5.82 Å². The SMILES string of the molecule is N[C@@H]1CCCN(c2nc(C3NNC4CNC(c5cccnc5)CC43)ccc2Br)CC1. The Morgan fingerprint density at radius 1 is 1.13 bits per heavy atom. The lowest BCUT2D eigenvalue weighted by Gasteiger charge is -2.34. The first kappa shape index (κ1) is 20.3. The summed E-state index contributed by atoms with van der Waals surface area (Å²) in [6, 6.07) is 9.70. The number of aromatic nitrogens is 2. The molecule has 0 amide bonds. The van der Waals surface area contributed by atoms with Crippen LogP contribution in [-0.4, -0.2) is 41.7 Å². The topological polar surface area (TPSA) is 91.1 Å². The van der Waals surface area contributed by atoms with Crippen molar-refractivity contribution in [2.24, 2.45) is 11.7 Å². The van der Waals surface area contributed by atoms with Gasteiger partial charge in [0.05, 0.1) is 16.2 Å². The summed E-state index contributed by atoms with van der Waals surface area (Å²) in [6.07, 6.45) is 8.08. The van der Waals surface area contributed by atoms with Crippen LogP contribution in [0.5, 0.6) is 0 Å². The predicted molar refractivity (Wildman–Crippen MR) is 122 cm³/mol. The van der Waals surface area contributed by atoms with Gasteiger partial charge in [-0.15, -0.1) is 0 Å². The van der Waals surface area contributed by atoms with E-state index < -0.39 is 0 Å². The fraction of sp³-hybridized carbons (Fsp3) is 0.545. The molecule has 0 spiro atoms. The molecule has 5 rings (SSSR count). The van der Waals surface area contributed by atoms with Crippen molar-refractivity contribution in [1.82, 2.24) is 26.1 Å². The van der Waals surface area contributed by atoms with Crippen LogP contribution >= 0.6 is 15.9 Å². The standard InChI is InChI=1S/C22H30BrN7/c23-17-5-6-18(27-22(17)30-9-2-4-15(24)7-10-30)21-16-11-19(14-3-1-8-25-12-14)26-13-20(16)28-29-21/h1,3,5-6,8,12,15-16,19-21,26,28-29H,2,4,7,9-11,13,24H2/t15-,16?,19?,20?,21?/m1/s1. The van der Waals surface area contributed by atoms with Crippen LogP contribution in [0.1, 0.15) is 49.0 Å². The molecular weight excluding hydrogens is 442 g/mol. The van der Waals surface area contributed by atoms with Crippen LogP contribution in [0, 0.1) is 5.92 Å². The van der Waals surface area contributed by atoms with Crippen molar-refractivity contribution in [3.05, 3.63) is 52.4 Å². The molecule has 4 unspecified atom stereocenters. The molecule has 7 nitrogen and oxygen atoms in total. The second kappa shape index (κ2) is 8.88.